The molecule has 3 aromatic rings. The molecule has 0 aliphatic heterocycles. The minimum absolute atomic E-state index is 0.0235. The second-order valence-electron chi connectivity index (χ2n) is 6.16. The van der Waals surface area contributed by atoms with Crippen LogP contribution in [0, 0.1) is 6.92 Å². The molecule has 0 aromatic carbocycles. The Labute approximate surface area is 160 Å². The van der Waals surface area contributed by atoms with Crippen LogP contribution in [0.25, 0.3) is 23.0 Å². The molecule has 3 aromatic heterocycles. The summed E-state index contributed by atoms with van der Waals surface area (Å²) in [4.78, 5) is 8.04. The van der Waals surface area contributed by atoms with Crippen LogP contribution in [0.4, 0.5) is 32.2 Å². The van der Waals surface area contributed by atoms with Crippen LogP contribution in [0.15, 0.2) is 30.5 Å². The Morgan fingerprint density at radius 1 is 1.00 bits per heavy atom. The first kappa shape index (κ1) is 20.6. The summed E-state index contributed by atoms with van der Waals surface area (Å²) in [5.41, 5.74) is -0.100. The number of pyridine rings is 2. The first-order valence-corrected chi connectivity index (χ1v) is 8.17. The molecular formula is C17H14F6N6. The fraction of sp³-hybridized carbons (Fsp3) is 0.294. The third-order valence-corrected chi connectivity index (χ3v) is 3.97. The van der Waals surface area contributed by atoms with Crippen molar-refractivity contribution in [1.82, 2.24) is 24.7 Å². The van der Waals surface area contributed by atoms with Crippen molar-refractivity contribution in [3.63, 3.8) is 0 Å². The fourth-order valence-corrected chi connectivity index (χ4v) is 2.53. The van der Waals surface area contributed by atoms with Crippen LogP contribution in [0.3, 0.4) is 0 Å². The zero-order valence-corrected chi connectivity index (χ0v) is 15.1. The number of aryl methyl sites for hydroxylation is 1. The number of hydrogen-bond acceptors (Lipinski definition) is 5. The van der Waals surface area contributed by atoms with Gasteiger partial charge >= 0.3 is 12.4 Å². The lowest BCUT2D eigenvalue weighted by Gasteiger charge is -2.11. The van der Waals surface area contributed by atoms with Gasteiger partial charge in [0.15, 0.2) is 11.6 Å². The third kappa shape index (κ3) is 4.63. The Kier molecular flexibility index (Phi) is 5.20. The average Bonchev–Trinajstić information content (AvgIpc) is 3.01. The Balaban J connectivity index is 1.98. The minimum Gasteiger partial charge on any atom is -0.361 e. The zero-order valence-electron chi connectivity index (χ0n) is 15.1. The number of aromatic nitrogens is 5. The first-order chi connectivity index (χ1) is 13.5. The van der Waals surface area contributed by atoms with Crippen LogP contribution in [0.1, 0.15) is 11.1 Å². The largest absolute Gasteiger partial charge is 0.416 e. The summed E-state index contributed by atoms with van der Waals surface area (Å²) in [6, 6.07) is 4.62. The van der Waals surface area contributed by atoms with E-state index in [1.54, 1.807) is 13.0 Å². The predicted octanol–water partition coefficient (Wildman–Crippen LogP) is 4.24. The van der Waals surface area contributed by atoms with Crippen LogP contribution in [-0.2, 0) is 13.2 Å². The second kappa shape index (κ2) is 7.33. The number of rotatable bonds is 4. The van der Waals surface area contributed by atoms with Crippen molar-refractivity contribution >= 4 is 5.82 Å². The smallest absolute Gasteiger partial charge is 0.361 e. The van der Waals surface area contributed by atoms with E-state index in [1.165, 1.54) is 17.7 Å². The maximum Gasteiger partial charge on any atom is 0.416 e. The quantitative estimate of drug-likeness (QED) is 0.645. The number of anilines is 1. The average molecular weight is 416 g/mol. The predicted molar refractivity (Wildman–Crippen MR) is 91.7 cm³/mol. The second-order valence-corrected chi connectivity index (χ2v) is 6.16. The molecule has 0 spiro atoms. The highest BCUT2D eigenvalue weighted by Gasteiger charge is 2.31. The van der Waals surface area contributed by atoms with Gasteiger partial charge in [0.05, 0.1) is 5.56 Å². The van der Waals surface area contributed by atoms with Gasteiger partial charge < -0.3 is 9.88 Å². The Morgan fingerprint density at radius 3 is 2.34 bits per heavy atom. The summed E-state index contributed by atoms with van der Waals surface area (Å²) in [6.45, 7) is 0.410. The van der Waals surface area contributed by atoms with E-state index in [0.29, 0.717) is 5.56 Å². The molecule has 0 amide bonds. The first-order valence-electron chi connectivity index (χ1n) is 8.17. The Hall–Kier alpha value is -3.18. The molecule has 12 heteroatoms. The van der Waals surface area contributed by atoms with Crippen molar-refractivity contribution in [3.05, 3.63) is 41.6 Å². The van der Waals surface area contributed by atoms with Crippen molar-refractivity contribution in [1.29, 1.82) is 0 Å². The third-order valence-electron chi connectivity index (χ3n) is 3.97. The van der Waals surface area contributed by atoms with Gasteiger partial charge in [-0.2, -0.15) is 26.3 Å². The van der Waals surface area contributed by atoms with Crippen LogP contribution in [-0.4, -0.2) is 37.5 Å². The minimum atomic E-state index is -4.55. The highest BCUT2D eigenvalue weighted by Crippen LogP contribution is 2.31. The maximum absolute atomic E-state index is 12.9. The summed E-state index contributed by atoms with van der Waals surface area (Å²) < 4.78 is 77.4. The van der Waals surface area contributed by atoms with Gasteiger partial charge in [-0.1, -0.05) is 6.07 Å². The normalized spacial score (nSPS) is 12.3. The highest BCUT2D eigenvalue weighted by molar-refractivity contribution is 5.62. The molecule has 3 heterocycles. The molecule has 0 radical (unpaired) electrons. The van der Waals surface area contributed by atoms with E-state index in [9.17, 15) is 26.3 Å². The highest BCUT2D eigenvalue weighted by atomic mass is 19.4. The molecule has 0 saturated heterocycles. The van der Waals surface area contributed by atoms with Crippen molar-refractivity contribution in [2.45, 2.75) is 19.3 Å². The lowest BCUT2D eigenvalue weighted by Crippen LogP contribution is -2.21. The van der Waals surface area contributed by atoms with Gasteiger partial charge in [-0.3, -0.25) is 4.98 Å². The van der Waals surface area contributed by atoms with E-state index >= 15 is 0 Å². The number of nitrogens with zero attached hydrogens (tertiary/aromatic N) is 5. The Bertz CT molecular complexity index is 1020. The topological polar surface area (TPSA) is 68.5 Å². The van der Waals surface area contributed by atoms with Crippen LogP contribution >= 0.6 is 0 Å². The molecule has 0 unspecified atom stereocenters. The van der Waals surface area contributed by atoms with Gasteiger partial charge in [-0.15, -0.1) is 10.2 Å². The van der Waals surface area contributed by atoms with Gasteiger partial charge in [0.1, 0.15) is 23.8 Å². The summed E-state index contributed by atoms with van der Waals surface area (Å²) >= 11 is 0. The van der Waals surface area contributed by atoms with Crippen LogP contribution in [0.5, 0.6) is 0 Å². The SMILES string of the molecule is Cc1ccc(NCC(F)(F)F)nc1-c1nnc(-c2cc(C(F)(F)F)ccn2)n1C. The lowest BCUT2D eigenvalue weighted by molar-refractivity contribution is -0.137. The van der Waals surface area contributed by atoms with Crippen molar-refractivity contribution in [3.8, 4) is 23.0 Å². The fourth-order valence-electron chi connectivity index (χ4n) is 2.53. The molecule has 3 rings (SSSR count). The van der Waals surface area contributed by atoms with Gasteiger partial charge in [-0.05, 0) is 30.7 Å². The van der Waals surface area contributed by atoms with Gasteiger partial charge in [-0.25, -0.2) is 4.98 Å². The van der Waals surface area contributed by atoms with Gasteiger partial charge in [0.25, 0.3) is 0 Å². The molecule has 0 atom stereocenters. The zero-order chi connectivity index (χ0) is 21.4. The van der Waals surface area contributed by atoms with E-state index in [4.69, 9.17) is 0 Å². The van der Waals surface area contributed by atoms with E-state index < -0.39 is 24.5 Å². The monoisotopic (exact) mass is 416 g/mol. The van der Waals surface area contributed by atoms with Crippen LogP contribution < -0.4 is 5.32 Å². The van der Waals surface area contributed by atoms with E-state index in [-0.39, 0.29) is 28.9 Å². The van der Waals surface area contributed by atoms with Crippen LogP contribution in [0.2, 0.25) is 0 Å². The van der Waals surface area contributed by atoms with E-state index in [2.05, 4.69) is 25.5 Å². The van der Waals surface area contributed by atoms with Gasteiger partial charge in [0, 0.05) is 13.2 Å². The molecule has 0 fully saturated rings. The lowest BCUT2D eigenvalue weighted by atomic mass is 10.2. The molecule has 0 bridgehead atoms. The molecule has 6 nitrogen and oxygen atoms in total. The molecular weight excluding hydrogens is 402 g/mol. The molecule has 154 valence electrons. The van der Waals surface area contributed by atoms with Crippen molar-refractivity contribution in [2.24, 2.45) is 7.05 Å². The number of nitrogens with one attached hydrogen (secondary N) is 1. The molecule has 0 aliphatic rings. The summed E-state index contributed by atoms with van der Waals surface area (Å²) in [5, 5.41) is 10.0. The molecule has 0 aliphatic carbocycles. The molecule has 1 N–H and O–H groups in total. The van der Waals surface area contributed by atoms with E-state index in [1.807, 2.05) is 0 Å². The van der Waals surface area contributed by atoms with Gasteiger partial charge in [0.2, 0.25) is 0 Å². The number of halogens is 6. The molecule has 29 heavy (non-hydrogen) atoms. The summed E-state index contributed by atoms with van der Waals surface area (Å²) in [7, 11) is 1.50. The summed E-state index contributed by atoms with van der Waals surface area (Å²) in [5.74, 6) is 0.206. The molecule has 0 saturated carbocycles. The van der Waals surface area contributed by atoms with Crippen molar-refractivity contribution in [2.75, 3.05) is 11.9 Å². The number of alkyl halides is 6. The van der Waals surface area contributed by atoms with Crippen molar-refractivity contribution < 1.29 is 26.3 Å². The number of hydrogen-bond donors (Lipinski definition) is 1. The Morgan fingerprint density at radius 2 is 1.69 bits per heavy atom. The van der Waals surface area contributed by atoms with E-state index in [0.717, 1.165) is 18.3 Å². The summed E-state index contributed by atoms with van der Waals surface area (Å²) in [6.07, 6.45) is -7.95. The maximum atomic E-state index is 12.9. The standard InChI is InChI=1S/C17H14F6N6/c1-9-3-4-12(25-8-16(18,19)20)26-13(9)15-28-27-14(29(15)2)11-7-10(5-6-24-11)17(21,22)23/h3-7H,8H2,1-2H3,(H,25,26).